The van der Waals surface area contributed by atoms with Crippen molar-refractivity contribution < 1.29 is 53.4 Å². The summed E-state index contributed by atoms with van der Waals surface area (Å²) in [5, 5.41) is 0. The fourth-order valence-corrected chi connectivity index (χ4v) is 4.78. The van der Waals surface area contributed by atoms with Gasteiger partial charge in [-0.2, -0.15) is 17.6 Å². The third-order valence-electron chi connectivity index (χ3n) is 6.42. The quantitative estimate of drug-likeness (QED) is 0.247. The predicted octanol–water partition coefficient (Wildman–Crippen LogP) is 6.32. The van der Waals surface area contributed by atoms with Crippen molar-refractivity contribution in [3.05, 3.63) is 72.3 Å². The number of hydrogen-bond donors (Lipinski definition) is 0. The van der Waals surface area contributed by atoms with Crippen molar-refractivity contribution in [2.24, 2.45) is 0 Å². The van der Waals surface area contributed by atoms with Crippen molar-refractivity contribution in [3.8, 4) is 28.4 Å². The minimum Gasteiger partial charge on any atom is -0.488 e. The van der Waals surface area contributed by atoms with E-state index in [9.17, 15) is 39.2 Å². The maximum atomic E-state index is 13.6. The van der Waals surface area contributed by atoms with Crippen LogP contribution < -0.4 is 19.1 Å². The Bertz CT molecular complexity index is 1520. The van der Waals surface area contributed by atoms with Crippen LogP contribution in [-0.2, 0) is 10.0 Å². The number of halogens is 7. The fourth-order valence-electron chi connectivity index (χ4n) is 4.36. The van der Waals surface area contributed by atoms with Gasteiger partial charge in [0.05, 0.1) is 18.0 Å². The monoisotopic (exact) mass is 622 g/mol. The van der Waals surface area contributed by atoms with Gasteiger partial charge >= 0.3 is 18.9 Å². The summed E-state index contributed by atoms with van der Waals surface area (Å²) in [5.74, 6) is -0.695. The van der Waals surface area contributed by atoms with Crippen molar-refractivity contribution in [1.29, 1.82) is 0 Å². The first-order valence-electron chi connectivity index (χ1n) is 12.3. The molecule has 0 aliphatic carbocycles. The van der Waals surface area contributed by atoms with Crippen molar-refractivity contribution >= 4 is 15.7 Å². The molecule has 1 heterocycles. The van der Waals surface area contributed by atoms with E-state index in [1.54, 1.807) is 35.2 Å². The molecule has 1 aliphatic heterocycles. The topological polar surface area (TPSA) is 68.3 Å². The smallest absolute Gasteiger partial charge is 0.488 e. The van der Waals surface area contributed by atoms with Gasteiger partial charge in [0, 0.05) is 25.7 Å². The van der Waals surface area contributed by atoms with Crippen LogP contribution in [0.5, 0.6) is 17.2 Å². The number of ether oxygens (including phenoxy) is 3. The van der Waals surface area contributed by atoms with Gasteiger partial charge < -0.3 is 19.1 Å². The second-order valence-corrected chi connectivity index (χ2v) is 11.5. The number of rotatable bonds is 10. The molecule has 0 saturated heterocycles. The van der Waals surface area contributed by atoms with E-state index < -0.39 is 46.5 Å². The highest BCUT2D eigenvalue weighted by atomic mass is 32.2. The Hall–Kier alpha value is -3.72. The number of anilines is 1. The summed E-state index contributed by atoms with van der Waals surface area (Å²) in [7, 11) is -2.20. The number of benzene rings is 3. The average Bonchev–Trinajstić information content (AvgIpc) is 2.89. The van der Waals surface area contributed by atoms with Gasteiger partial charge in [-0.15, -0.1) is 13.2 Å². The maximum absolute atomic E-state index is 13.6. The molecule has 1 unspecified atom stereocenters. The third-order valence-corrected chi connectivity index (χ3v) is 7.73. The van der Waals surface area contributed by atoms with Crippen LogP contribution in [0.4, 0.5) is 36.4 Å². The molecule has 0 fully saturated rings. The first-order valence-corrected chi connectivity index (χ1v) is 14.1. The standard InChI is InChI=1S/C27H25F7N2O5S/c1-35(42(2,37)38)12-13-36-22-11-5-10-21(17-6-3-9-20(14-17)41-27(32,33)34)24(22)39-16-23(36)18-7-4-8-19(15-18)40-26(30,31)25(28)29/h3-11,14-15,23,25H,12-13,16H2,1-2H3. The number of likely N-dealkylation sites (N-methyl/N-ethyl adjacent to an activating group) is 1. The molecule has 7 nitrogen and oxygen atoms in total. The number of alkyl halides is 7. The molecule has 15 heteroatoms. The molecule has 228 valence electrons. The summed E-state index contributed by atoms with van der Waals surface area (Å²) in [5.41, 5.74) is 1.52. The van der Waals surface area contributed by atoms with Gasteiger partial charge in [-0.1, -0.05) is 36.4 Å². The van der Waals surface area contributed by atoms with Gasteiger partial charge in [0.25, 0.3) is 0 Å². The Morgan fingerprint density at radius 2 is 1.62 bits per heavy atom. The van der Waals surface area contributed by atoms with E-state index in [0.717, 1.165) is 28.8 Å². The lowest BCUT2D eigenvalue weighted by Crippen LogP contribution is -2.42. The van der Waals surface area contributed by atoms with Crippen LogP contribution in [0.25, 0.3) is 11.1 Å². The molecule has 42 heavy (non-hydrogen) atoms. The van der Waals surface area contributed by atoms with E-state index in [-0.39, 0.29) is 25.4 Å². The zero-order valence-corrected chi connectivity index (χ0v) is 22.9. The van der Waals surface area contributed by atoms with Crippen LogP contribution in [0.15, 0.2) is 66.7 Å². The van der Waals surface area contributed by atoms with Crippen molar-refractivity contribution in [3.63, 3.8) is 0 Å². The molecule has 4 rings (SSSR count). The second kappa shape index (κ2) is 11.9. The Morgan fingerprint density at radius 1 is 0.976 bits per heavy atom. The summed E-state index contributed by atoms with van der Waals surface area (Å²) in [6, 6.07) is 14.6. The molecule has 1 atom stereocenters. The van der Waals surface area contributed by atoms with Crippen LogP contribution >= 0.6 is 0 Å². The van der Waals surface area contributed by atoms with Crippen LogP contribution in [0, 0.1) is 0 Å². The molecule has 0 N–H and O–H groups in total. The highest BCUT2D eigenvalue weighted by Gasteiger charge is 2.44. The number of hydrogen-bond acceptors (Lipinski definition) is 6. The van der Waals surface area contributed by atoms with Crippen LogP contribution in [0.1, 0.15) is 11.6 Å². The molecule has 3 aromatic rings. The van der Waals surface area contributed by atoms with Crippen molar-refractivity contribution in [2.75, 3.05) is 37.9 Å². The van der Waals surface area contributed by atoms with Crippen molar-refractivity contribution in [2.45, 2.75) is 24.9 Å². The molecule has 0 amide bonds. The Morgan fingerprint density at radius 3 is 2.26 bits per heavy atom. The third kappa shape index (κ3) is 7.37. The van der Waals surface area contributed by atoms with E-state index >= 15 is 0 Å². The zero-order chi connectivity index (χ0) is 30.9. The Kier molecular flexibility index (Phi) is 8.83. The first kappa shape index (κ1) is 31.2. The fraction of sp³-hybridized carbons (Fsp3) is 0.333. The molecule has 0 bridgehead atoms. The Balaban J connectivity index is 1.74. The van der Waals surface area contributed by atoms with Gasteiger partial charge in [0.1, 0.15) is 18.1 Å². The Labute approximate surface area is 237 Å². The van der Waals surface area contributed by atoms with Crippen LogP contribution in [-0.4, -0.2) is 64.6 Å². The van der Waals surface area contributed by atoms with E-state index in [0.29, 0.717) is 22.4 Å². The zero-order valence-electron chi connectivity index (χ0n) is 22.1. The van der Waals surface area contributed by atoms with Gasteiger partial charge in [-0.05, 0) is 41.5 Å². The highest BCUT2D eigenvalue weighted by Crippen LogP contribution is 2.46. The number of fused-ring (bicyclic) bond motifs is 1. The van der Waals surface area contributed by atoms with Crippen LogP contribution in [0.2, 0.25) is 0 Å². The number of para-hydroxylation sites is 1. The van der Waals surface area contributed by atoms with E-state index in [2.05, 4.69) is 9.47 Å². The normalized spacial score (nSPS) is 15.9. The van der Waals surface area contributed by atoms with Gasteiger partial charge in [0.2, 0.25) is 10.0 Å². The summed E-state index contributed by atoms with van der Waals surface area (Å²) >= 11 is 0. The second-order valence-electron chi connectivity index (χ2n) is 9.37. The summed E-state index contributed by atoms with van der Waals surface area (Å²) in [6.07, 6.45) is -12.7. The van der Waals surface area contributed by atoms with E-state index in [1.807, 2.05) is 0 Å². The lowest BCUT2D eigenvalue weighted by atomic mass is 9.98. The van der Waals surface area contributed by atoms with Crippen LogP contribution in [0.3, 0.4) is 0 Å². The SMILES string of the molecule is CN(CCN1c2cccc(-c3cccc(OC(F)(F)F)c3)c2OCC1c1cccc(OC(F)(F)C(F)F)c1)S(C)(=O)=O. The molecular weight excluding hydrogens is 597 g/mol. The van der Waals surface area contributed by atoms with E-state index in [4.69, 9.17) is 4.74 Å². The van der Waals surface area contributed by atoms with Gasteiger partial charge in [-0.3, -0.25) is 0 Å². The summed E-state index contributed by atoms with van der Waals surface area (Å²) in [6.45, 7) is -0.0445. The predicted molar refractivity (Wildman–Crippen MR) is 140 cm³/mol. The largest absolute Gasteiger partial charge is 0.573 e. The van der Waals surface area contributed by atoms with E-state index in [1.165, 1.54) is 25.2 Å². The molecule has 1 aliphatic rings. The first-order chi connectivity index (χ1) is 19.5. The maximum Gasteiger partial charge on any atom is 0.573 e. The number of sulfonamides is 1. The highest BCUT2D eigenvalue weighted by molar-refractivity contribution is 7.88. The van der Waals surface area contributed by atoms with Gasteiger partial charge in [0.15, 0.2) is 5.75 Å². The molecule has 0 aromatic heterocycles. The molecule has 0 spiro atoms. The summed E-state index contributed by atoms with van der Waals surface area (Å²) < 4.78 is 131. The van der Waals surface area contributed by atoms with Crippen molar-refractivity contribution in [1.82, 2.24) is 4.31 Å². The summed E-state index contributed by atoms with van der Waals surface area (Å²) in [4.78, 5) is 1.74. The minimum atomic E-state index is -4.90. The average molecular weight is 623 g/mol. The molecular formula is C27H25F7N2O5S. The molecule has 3 aromatic carbocycles. The lowest BCUT2D eigenvalue weighted by molar-refractivity contribution is -0.274. The lowest BCUT2D eigenvalue weighted by Gasteiger charge is -2.40. The molecule has 0 saturated carbocycles. The number of nitrogens with zero attached hydrogens (tertiary/aromatic N) is 2. The molecule has 0 radical (unpaired) electrons. The minimum absolute atomic E-state index is 0.00640. The van der Waals surface area contributed by atoms with Gasteiger partial charge in [-0.25, -0.2) is 12.7 Å².